The van der Waals surface area contributed by atoms with E-state index in [9.17, 15) is 13.2 Å². The predicted molar refractivity (Wildman–Crippen MR) is 89.7 cm³/mol. The van der Waals surface area contributed by atoms with Gasteiger partial charge in [0.2, 0.25) is 0 Å². The third-order valence-electron chi connectivity index (χ3n) is 3.79. The Kier molecular flexibility index (Phi) is 5.88. The van der Waals surface area contributed by atoms with E-state index in [-0.39, 0.29) is 16.7 Å². The van der Waals surface area contributed by atoms with Crippen molar-refractivity contribution in [2.45, 2.75) is 36.0 Å². The molecule has 2 atom stereocenters. The second kappa shape index (κ2) is 7.13. The number of ether oxygens (including phenoxy) is 1. The van der Waals surface area contributed by atoms with E-state index in [1.54, 1.807) is 0 Å². The Bertz CT molecular complexity index is 520. The highest BCUT2D eigenvalue weighted by Gasteiger charge is 2.42. The van der Waals surface area contributed by atoms with Crippen molar-refractivity contribution in [1.82, 2.24) is 5.32 Å². The molecule has 1 aliphatic rings. The highest BCUT2D eigenvalue weighted by atomic mass is 127. The molecule has 0 amide bonds. The fraction of sp³-hybridized carbons (Fsp3) is 0.600. The monoisotopic (exact) mass is 447 g/mol. The molecule has 1 aromatic carbocycles. The van der Waals surface area contributed by atoms with Crippen molar-refractivity contribution >= 4 is 34.2 Å². The van der Waals surface area contributed by atoms with Crippen LogP contribution in [0.1, 0.15) is 31.7 Å². The highest BCUT2D eigenvalue weighted by Crippen LogP contribution is 2.44. The van der Waals surface area contributed by atoms with Crippen LogP contribution in [0, 0.1) is 5.92 Å². The molecule has 0 aliphatic carbocycles. The van der Waals surface area contributed by atoms with Gasteiger partial charge in [-0.05, 0) is 60.2 Å². The molecule has 0 aromatic heterocycles. The van der Waals surface area contributed by atoms with E-state index in [0.717, 1.165) is 32.0 Å². The van der Waals surface area contributed by atoms with Gasteiger partial charge in [-0.1, -0.05) is 24.9 Å². The molecule has 1 unspecified atom stereocenters. The molecule has 2 nitrogen and oxygen atoms in total. The fourth-order valence-electron chi connectivity index (χ4n) is 2.70. The molecule has 0 bridgehead atoms. The van der Waals surface area contributed by atoms with Gasteiger partial charge >= 0.3 is 6.18 Å². The van der Waals surface area contributed by atoms with Gasteiger partial charge in [0.05, 0.1) is 5.56 Å². The molecular weight excluding hydrogens is 430 g/mol. The summed E-state index contributed by atoms with van der Waals surface area (Å²) in [6, 6.07) is 3.67. The van der Waals surface area contributed by atoms with Gasteiger partial charge in [0.25, 0.3) is 0 Å². The lowest BCUT2D eigenvalue weighted by atomic mass is 9.97. The van der Waals surface area contributed by atoms with Gasteiger partial charge in [0.1, 0.15) is 5.75 Å². The van der Waals surface area contributed by atoms with Crippen LogP contribution in [0.15, 0.2) is 18.2 Å². The quantitative estimate of drug-likeness (QED) is 0.490. The van der Waals surface area contributed by atoms with Crippen molar-refractivity contribution in [3.63, 3.8) is 0 Å². The number of hydrogen-bond donors (Lipinski definition) is 1. The van der Waals surface area contributed by atoms with Gasteiger partial charge in [0.15, 0.2) is 3.61 Å². The molecule has 1 aliphatic heterocycles. The smallest absolute Gasteiger partial charge is 0.420 e. The van der Waals surface area contributed by atoms with E-state index >= 15 is 0 Å². The summed E-state index contributed by atoms with van der Waals surface area (Å²) in [6.45, 7) is 3.64. The van der Waals surface area contributed by atoms with Crippen LogP contribution in [0.25, 0.3) is 0 Å². The molecule has 1 saturated heterocycles. The zero-order chi connectivity index (χ0) is 16.4. The topological polar surface area (TPSA) is 21.3 Å². The van der Waals surface area contributed by atoms with Gasteiger partial charge < -0.3 is 10.1 Å². The normalized spacial score (nSPS) is 21.6. The van der Waals surface area contributed by atoms with E-state index in [2.05, 4.69) is 27.9 Å². The van der Waals surface area contributed by atoms with Gasteiger partial charge in [-0.15, -0.1) is 0 Å². The number of benzene rings is 1. The number of alkyl halides is 4. The van der Waals surface area contributed by atoms with Crippen LogP contribution in [-0.4, -0.2) is 16.7 Å². The Morgan fingerprint density at radius 3 is 2.68 bits per heavy atom. The lowest BCUT2D eigenvalue weighted by Crippen LogP contribution is -2.39. The molecule has 1 heterocycles. The first-order valence-corrected chi connectivity index (χ1v) is 8.67. The van der Waals surface area contributed by atoms with Crippen LogP contribution in [0.2, 0.25) is 5.02 Å². The van der Waals surface area contributed by atoms with Gasteiger partial charge in [0, 0.05) is 17.5 Å². The first-order valence-electron chi connectivity index (χ1n) is 7.21. The minimum absolute atomic E-state index is 0.0526. The van der Waals surface area contributed by atoms with Crippen LogP contribution < -0.4 is 10.1 Å². The molecular formula is C15H18ClF3INO. The predicted octanol–water partition coefficient (Wildman–Crippen LogP) is 5.28. The molecule has 7 heteroatoms. The lowest BCUT2D eigenvalue weighted by molar-refractivity contribution is -0.139. The average Bonchev–Trinajstić information content (AvgIpc) is 2.94. The number of hydrogen-bond acceptors (Lipinski definition) is 2. The van der Waals surface area contributed by atoms with E-state index in [1.807, 2.05) is 6.92 Å². The van der Waals surface area contributed by atoms with E-state index in [0.29, 0.717) is 6.42 Å². The SMILES string of the molecule is CCC[C@@](I)(Oc1ccc(Cl)cc1C(F)(F)F)C1CCNC1. The first kappa shape index (κ1) is 18.1. The van der Waals surface area contributed by atoms with Crippen LogP contribution in [0.4, 0.5) is 13.2 Å². The maximum Gasteiger partial charge on any atom is 0.420 e. The number of nitrogens with one attached hydrogen (secondary N) is 1. The third kappa shape index (κ3) is 4.20. The van der Waals surface area contributed by atoms with E-state index in [4.69, 9.17) is 16.3 Å². The molecule has 0 saturated carbocycles. The minimum atomic E-state index is -4.49. The van der Waals surface area contributed by atoms with Crippen molar-refractivity contribution in [2.75, 3.05) is 13.1 Å². The Balaban J connectivity index is 2.34. The summed E-state index contributed by atoms with van der Waals surface area (Å²) < 4.78 is 44.9. The zero-order valence-electron chi connectivity index (χ0n) is 12.1. The molecule has 1 N–H and O–H groups in total. The van der Waals surface area contributed by atoms with Gasteiger partial charge in [-0.2, -0.15) is 13.2 Å². The lowest BCUT2D eigenvalue weighted by Gasteiger charge is -2.34. The third-order valence-corrected chi connectivity index (χ3v) is 5.66. The zero-order valence-corrected chi connectivity index (χ0v) is 15.1. The standard InChI is InChI=1S/C15H18ClF3INO/c1-2-6-14(20,10-5-7-21-9-10)22-13-4-3-11(16)8-12(13)15(17,18)19/h3-4,8,10,21H,2,5-7,9H2,1H3/t10?,14-/m1/s1. The van der Waals surface area contributed by atoms with Crippen LogP contribution in [0.5, 0.6) is 5.75 Å². The molecule has 22 heavy (non-hydrogen) atoms. The summed E-state index contributed by atoms with van der Waals surface area (Å²) in [5, 5.41) is 3.30. The van der Waals surface area contributed by atoms with Gasteiger partial charge in [-0.3, -0.25) is 0 Å². The summed E-state index contributed by atoms with van der Waals surface area (Å²) in [6.07, 6.45) is -2.05. The summed E-state index contributed by atoms with van der Waals surface area (Å²) in [5.74, 6) is 0.0384. The second-order valence-corrected chi connectivity index (χ2v) is 7.73. The van der Waals surface area contributed by atoms with Crippen molar-refractivity contribution < 1.29 is 17.9 Å². The van der Waals surface area contributed by atoms with Crippen LogP contribution >= 0.6 is 34.2 Å². The maximum atomic E-state index is 13.2. The molecule has 0 radical (unpaired) electrons. The van der Waals surface area contributed by atoms with Crippen LogP contribution in [0.3, 0.4) is 0 Å². The molecule has 1 fully saturated rings. The first-order chi connectivity index (χ1) is 10.3. The molecule has 0 spiro atoms. The summed E-state index contributed by atoms with van der Waals surface area (Å²) >= 11 is 7.89. The van der Waals surface area contributed by atoms with Gasteiger partial charge in [-0.25, -0.2) is 0 Å². The highest BCUT2D eigenvalue weighted by molar-refractivity contribution is 14.1. The van der Waals surface area contributed by atoms with Crippen molar-refractivity contribution in [3.8, 4) is 5.75 Å². The largest absolute Gasteiger partial charge is 0.476 e. The van der Waals surface area contributed by atoms with Crippen molar-refractivity contribution in [3.05, 3.63) is 28.8 Å². The Morgan fingerprint density at radius 2 is 2.14 bits per heavy atom. The summed E-state index contributed by atoms with van der Waals surface area (Å²) in [7, 11) is 0. The number of rotatable bonds is 5. The fourth-order valence-corrected chi connectivity index (χ4v) is 4.18. The van der Waals surface area contributed by atoms with Crippen LogP contribution in [-0.2, 0) is 6.18 Å². The second-order valence-electron chi connectivity index (χ2n) is 5.47. The van der Waals surface area contributed by atoms with E-state index < -0.39 is 15.3 Å². The number of halogens is 5. The minimum Gasteiger partial charge on any atom is -0.476 e. The molecule has 124 valence electrons. The van der Waals surface area contributed by atoms with E-state index in [1.165, 1.54) is 12.1 Å². The summed E-state index contributed by atoms with van der Waals surface area (Å²) in [5.41, 5.74) is -0.817. The average molecular weight is 448 g/mol. The molecule has 2 rings (SSSR count). The van der Waals surface area contributed by atoms with Crippen molar-refractivity contribution in [2.24, 2.45) is 5.92 Å². The van der Waals surface area contributed by atoms with Crippen molar-refractivity contribution in [1.29, 1.82) is 0 Å². The Hall–Kier alpha value is -0.210. The Morgan fingerprint density at radius 1 is 1.41 bits per heavy atom. The molecule has 1 aromatic rings. The Labute approximate surface area is 146 Å². The maximum absolute atomic E-state index is 13.2. The summed E-state index contributed by atoms with van der Waals surface area (Å²) in [4.78, 5) is 0.